The van der Waals surface area contributed by atoms with Gasteiger partial charge in [0.1, 0.15) is 18.6 Å². The zero-order chi connectivity index (χ0) is 13.8. The Bertz CT molecular complexity index is 591. The van der Waals surface area contributed by atoms with Crippen molar-refractivity contribution >= 4 is 63.1 Å². The number of rotatable bonds is 4. The third-order valence-corrected chi connectivity index (χ3v) is 4.27. The van der Waals surface area contributed by atoms with Crippen molar-refractivity contribution in [1.29, 1.82) is 0 Å². The lowest BCUT2D eigenvalue weighted by Gasteiger charge is -2.11. The van der Waals surface area contributed by atoms with Gasteiger partial charge in [-0.05, 0) is 75.0 Å². The van der Waals surface area contributed by atoms with Crippen LogP contribution in [0.3, 0.4) is 0 Å². The topological polar surface area (TPSA) is 26.3 Å². The van der Waals surface area contributed by atoms with Crippen LogP contribution in [-0.2, 0) is 6.61 Å². The standard InChI is InChI=1S/C14H9ClI2O2/c15-11-3-1-2-9(4-11)8-19-14-12(16)5-10(7-18)6-13(14)17/h1-7H,8H2. The van der Waals surface area contributed by atoms with Crippen LogP contribution in [0.2, 0.25) is 5.02 Å². The van der Waals surface area contributed by atoms with Crippen LogP contribution in [0.15, 0.2) is 36.4 Å². The van der Waals surface area contributed by atoms with Crippen molar-refractivity contribution in [2.75, 3.05) is 0 Å². The van der Waals surface area contributed by atoms with Crippen LogP contribution in [0.1, 0.15) is 15.9 Å². The van der Waals surface area contributed by atoms with Crippen molar-refractivity contribution in [2.45, 2.75) is 6.61 Å². The van der Waals surface area contributed by atoms with Crippen LogP contribution < -0.4 is 4.74 Å². The number of hydrogen-bond donors (Lipinski definition) is 0. The van der Waals surface area contributed by atoms with Crippen molar-refractivity contribution in [3.8, 4) is 5.75 Å². The van der Waals surface area contributed by atoms with Gasteiger partial charge in [-0.25, -0.2) is 0 Å². The highest BCUT2D eigenvalue weighted by atomic mass is 127. The summed E-state index contributed by atoms with van der Waals surface area (Å²) in [5, 5.41) is 0.696. The predicted molar refractivity (Wildman–Crippen MR) is 93.0 cm³/mol. The van der Waals surface area contributed by atoms with Gasteiger partial charge < -0.3 is 4.74 Å². The highest BCUT2D eigenvalue weighted by Gasteiger charge is 2.09. The van der Waals surface area contributed by atoms with Crippen molar-refractivity contribution in [2.24, 2.45) is 0 Å². The van der Waals surface area contributed by atoms with E-state index in [-0.39, 0.29) is 0 Å². The summed E-state index contributed by atoms with van der Waals surface area (Å²) in [5.41, 5.74) is 1.67. The molecule has 5 heteroatoms. The summed E-state index contributed by atoms with van der Waals surface area (Å²) in [6, 6.07) is 11.2. The Labute approximate surface area is 143 Å². The molecule has 0 unspecified atom stereocenters. The minimum absolute atomic E-state index is 0.451. The summed E-state index contributed by atoms with van der Waals surface area (Å²) in [6.07, 6.45) is 0.838. The van der Waals surface area contributed by atoms with Crippen LogP contribution >= 0.6 is 56.8 Å². The molecule has 0 heterocycles. The lowest BCUT2D eigenvalue weighted by atomic mass is 10.2. The van der Waals surface area contributed by atoms with Gasteiger partial charge in [-0.2, -0.15) is 0 Å². The molecule has 0 amide bonds. The van der Waals surface area contributed by atoms with Gasteiger partial charge in [0.05, 0.1) is 7.14 Å². The quantitative estimate of drug-likeness (QED) is 0.441. The Morgan fingerprint density at radius 2 is 1.84 bits per heavy atom. The van der Waals surface area contributed by atoms with E-state index in [9.17, 15) is 4.79 Å². The summed E-state index contributed by atoms with van der Waals surface area (Å²) >= 11 is 10.3. The number of ether oxygens (including phenoxy) is 1. The van der Waals surface area contributed by atoms with Crippen LogP contribution in [0.4, 0.5) is 0 Å². The molecule has 2 aromatic carbocycles. The molecule has 0 aliphatic heterocycles. The normalized spacial score (nSPS) is 10.3. The smallest absolute Gasteiger partial charge is 0.150 e. The first kappa shape index (κ1) is 15.1. The molecule has 0 aliphatic rings. The molecule has 0 saturated carbocycles. The van der Waals surface area contributed by atoms with E-state index >= 15 is 0 Å². The Kier molecular flexibility index (Phi) is 5.47. The highest BCUT2D eigenvalue weighted by Crippen LogP contribution is 2.29. The van der Waals surface area contributed by atoms with Crippen LogP contribution in [0, 0.1) is 7.14 Å². The molecule has 98 valence electrons. The molecule has 0 atom stereocenters. The van der Waals surface area contributed by atoms with Gasteiger partial charge in [-0.15, -0.1) is 0 Å². The minimum atomic E-state index is 0.451. The molecule has 0 N–H and O–H groups in total. The largest absolute Gasteiger partial charge is 0.487 e. The zero-order valence-electron chi connectivity index (χ0n) is 9.70. The zero-order valence-corrected chi connectivity index (χ0v) is 14.8. The number of benzene rings is 2. The van der Waals surface area contributed by atoms with E-state index in [1.807, 2.05) is 36.4 Å². The Morgan fingerprint density at radius 3 is 2.42 bits per heavy atom. The van der Waals surface area contributed by atoms with Gasteiger partial charge in [0.2, 0.25) is 0 Å². The third kappa shape index (κ3) is 4.06. The summed E-state index contributed by atoms with van der Waals surface area (Å²) in [5.74, 6) is 0.798. The Hall–Kier alpha value is -0.340. The molecular formula is C14H9ClI2O2. The molecule has 2 nitrogen and oxygen atoms in total. The number of carbonyl (C=O) groups excluding carboxylic acids is 1. The van der Waals surface area contributed by atoms with Gasteiger partial charge in [-0.1, -0.05) is 23.7 Å². The predicted octanol–water partition coefficient (Wildman–Crippen LogP) is 4.94. The lowest BCUT2D eigenvalue weighted by Crippen LogP contribution is -2.00. The fraction of sp³-hybridized carbons (Fsp3) is 0.0714. The van der Waals surface area contributed by atoms with E-state index in [1.54, 1.807) is 0 Å². The number of aldehydes is 1. The minimum Gasteiger partial charge on any atom is -0.487 e. The van der Waals surface area contributed by atoms with Crippen molar-refractivity contribution < 1.29 is 9.53 Å². The molecule has 0 spiro atoms. The second-order valence-electron chi connectivity index (χ2n) is 3.85. The average molecular weight is 498 g/mol. The number of carbonyl (C=O) groups is 1. The van der Waals surface area contributed by atoms with Crippen molar-refractivity contribution in [3.63, 3.8) is 0 Å². The Balaban J connectivity index is 2.18. The summed E-state index contributed by atoms with van der Waals surface area (Å²) in [6.45, 7) is 0.451. The van der Waals surface area contributed by atoms with E-state index < -0.39 is 0 Å². The molecule has 0 saturated heterocycles. The second-order valence-corrected chi connectivity index (χ2v) is 6.61. The number of halogens is 3. The fourth-order valence-electron chi connectivity index (χ4n) is 1.57. The van der Waals surface area contributed by atoms with E-state index in [1.165, 1.54) is 0 Å². The van der Waals surface area contributed by atoms with E-state index in [4.69, 9.17) is 16.3 Å². The van der Waals surface area contributed by atoms with Crippen molar-refractivity contribution in [1.82, 2.24) is 0 Å². The fourth-order valence-corrected chi connectivity index (χ4v) is 3.91. The van der Waals surface area contributed by atoms with Crippen LogP contribution in [0.25, 0.3) is 0 Å². The van der Waals surface area contributed by atoms with Gasteiger partial charge in [-0.3, -0.25) is 4.79 Å². The molecule has 0 aliphatic carbocycles. The lowest BCUT2D eigenvalue weighted by molar-refractivity contribution is 0.112. The molecule has 0 fully saturated rings. The molecule has 2 aromatic rings. The third-order valence-electron chi connectivity index (χ3n) is 2.43. The summed E-state index contributed by atoms with van der Waals surface area (Å²) in [4.78, 5) is 10.8. The molecule has 0 radical (unpaired) electrons. The summed E-state index contributed by atoms with van der Waals surface area (Å²) < 4.78 is 7.67. The first-order valence-corrected chi connectivity index (χ1v) is 7.95. The van der Waals surface area contributed by atoms with Crippen LogP contribution in [-0.4, -0.2) is 6.29 Å². The SMILES string of the molecule is O=Cc1cc(I)c(OCc2cccc(Cl)c2)c(I)c1. The molecule has 0 aromatic heterocycles. The van der Waals surface area contributed by atoms with E-state index in [0.717, 1.165) is 24.7 Å². The second kappa shape index (κ2) is 6.90. The van der Waals surface area contributed by atoms with Crippen molar-refractivity contribution in [3.05, 3.63) is 59.7 Å². The van der Waals surface area contributed by atoms with Gasteiger partial charge in [0.15, 0.2) is 0 Å². The molecule has 0 bridgehead atoms. The number of hydrogen-bond acceptors (Lipinski definition) is 2. The monoisotopic (exact) mass is 498 g/mol. The maximum atomic E-state index is 10.8. The maximum Gasteiger partial charge on any atom is 0.150 e. The highest BCUT2D eigenvalue weighted by molar-refractivity contribution is 14.1. The van der Waals surface area contributed by atoms with Gasteiger partial charge in [0.25, 0.3) is 0 Å². The maximum absolute atomic E-state index is 10.8. The van der Waals surface area contributed by atoms with Gasteiger partial charge >= 0.3 is 0 Å². The molecule has 2 rings (SSSR count). The Morgan fingerprint density at radius 1 is 1.16 bits per heavy atom. The average Bonchev–Trinajstić information content (AvgIpc) is 2.37. The summed E-state index contributed by atoms with van der Waals surface area (Å²) in [7, 11) is 0. The van der Waals surface area contributed by atoms with Crippen LogP contribution in [0.5, 0.6) is 5.75 Å². The molecule has 19 heavy (non-hydrogen) atoms. The first-order valence-electron chi connectivity index (χ1n) is 5.41. The van der Waals surface area contributed by atoms with Gasteiger partial charge in [0, 0.05) is 10.6 Å². The first-order chi connectivity index (χ1) is 9.10. The molecular weight excluding hydrogens is 489 g/mol. The van der Waals surface area contributed by atoms with E-state index in [0.29, 0.717) is 17.2 Å². The van der Waals surface area contributed by atoms with E-state index in [2.05, 4.69) is 45.2 Å².